The zero-order valence-electron chi connectivity index (χ0n) is 16.8. The topological polar surface area (TPSA) is 50.8 Å². The number of urea groups is 1. The molecule has 1 aliphatic rings. The van der Waals surface area contributed by atoms with Gasteiger partial charge in [-0.1, -0.05) is 18.2 Å². The fourth-order valence-electron chi connectivity index (χ4n) is 3.36. The van der Waals surface area contributed by atoms with Gasteiger partial charge in [0, 0.05) is 11.3 Å². The van der Waals surface area contributed by atoms with Crippen LogP contribution in [0.4, 0.5) is 19.3 Å². The van der Waals surface area contributed by atoms with Crippen molar-refractivity contribution in [1.82, 2.24) is 4.90 Å². The highest BCUT2D eigenvalue weighted by Crippen LogP contribution is 2.25. The number of hydrogen-bond donors (Lipinski definition) is 1. The Morgan fingerprint density at radius 3 is 2.52 bits per heavy atom. The molecular weight excluding hydrogens is 402 g/mol. The van der Waals surface area contributed by atoms with Crippen molar-refractivity contribution in [3.05, 3.63) is 95.1 Å². The van der Waals surface area contributed by atoms with Crippen LogP contribution in [0.5, 0.6) is 5.75 Å². The molecule has 0 fully saturated rings. The lowest BCUT2D eigenvalue weighted by atomic mass is 10.1. The van der Waals surface area contributed by atoms with E-state index in [1.165, 1.54) is 36.4 Å². The first-order chi connectivity index (χ1) is 15.1. The van der Waals surface area contributed by atoms with Gasteiger partial charge in [0.25, 0.3) is 0 Å². The van der Waals surface area contributed by atoms with Crippen LogP contribution in [0.3, 0.4) is 0 Å². The number of amides is 2. The van der Waals surface area contributed by atoms with Gasteiger partial charge in [-0.2, -0.15) is 0 Å². The van der Waals surface area contributed by atoms with Crippen molar-refractivity contribution in [2.75, 3.05) is 18.5 Å². The summed E-state index contributed by atoms with van der Waals surface area (Å²) >= 11 is 0. The van der Waals surface area contributed by atoms with Gasteiger partial charge in [0.2, 0.25) is 0 Å². The first kappa shape index (κ1) is 20.8. The number of nitrogens with one attached hydrogen (secondary N) is 1. The summed E-state index contributed by atoms with van der Waals surface area (Å²) in [5.74, 6) is 0.0792. The van der Waals surface area contributed by atoms with Crippen molar-refractivity contribution in [2.24, 2.45) is 0 Å². The minimum Gasteiger partial charge on any atom is -0.491 e. The van der Waals surface area contributed by atoms with Crippen LogP contribution >= 0.6 is 0 Å². The largest absolute Gasteiger partial charge is 0.491 e. The zero-order valence-corrected chi connectivity index (χ0v) is 16.8. The van der Waals surface area contributed by atoms with Gasteiger partial charge in [0.15, 0.2) is 0 Å². The molecule has 0 bridgehead atoms. The molecule has 0 spiro atoms. The maximum atomic E-state index is 13.3. The van der Waals surface area contributed by atoms with E-state index in [4.69, 9.17) is 9.47 Å². The van der Waals surface area contributed by atoms with Gasteiger partial charge in [0.05, 0.1) is 26.3 Å². The van der Waals surface area contributed by atoms with Crippen LogP contribution in [-0.2, 0) is 24.5 Å². The lowest BCUT2D eigenvalue weighted by molar-refractivity contribution is 0.107. The maximum absolute atomic E-state index is 13.3. The number of carbonyl (C=O) groups excluding carboxylic acids is 1. The molecule has 3 aromatic rings. The summed E-state index contributed by atoms with van der Waals surface area (Å²) < 4.78 is 37.8. The predicted molar refractivity (Wildman–Crippen MR) is 113 cm³/mol. The Labute approximate surface area is 179 Å². The van der Waals surface area contributed by atoms with Gasteiger partial charge in [-0.25, -0.2) is 13.6 Å². The molecule has 0 aliphatic carbocycles. The molecule has 1 N–H and O–H groups in total. The number of fused-ring (bicyclic) bond motifs is 1. The summed E-state index contributed by atoms with van der Waals surface area (Å²) in [6.07, 6.45) is 0. The summed E-state index contributed by atoms with van der Waals surface area (Å²) in [4.78, 5) is 14.3. The minimum atomic E-state index is -0.359. The third kappa shape index (κ3) is 5.58. The quantitative estimate of drug-likeness (QED) is 0.619. The Hall–Kier alpha value is -3.45. The Balaban J connectivity index is 1.39. The van der Waals surface area contributed by atoms with Crippen LogP contribution in [0.25, 0.3) is 0 Å². The molecule has 1 aliphatic heterocycles. The Morgan fingerprint density at radius 1 is 0.968 bits per heavy atom. The number of halogens is 2. The van der Waals surface area contributed by atoms with Crippen molar-refractivity contribution in [1.29, 1.82) is 0 Å². The Morgan fingerprint density at radius 2 is 1.74 bits per heavy atom. The Kier molecular flexibility index (Phi) is 6.43. The van der Waals surface area contributed by atoms with Crippen molar-refractivity contribution in [3.63, 3.8) is 0 Å². The fraction of sp³-hybridized carbons (Fsp3) is 0.208. The average molecular weight is 424 g/mol. The van der Waals surface area contributed by atoms with E-state index in [1.807, 2.05) is 24.3 Å². The third-order valence-corrected chi connectivity index (χ3v) is 4.91. The second-order valence-electron chi connectivity index (χ2n) is 7.27. The van der Waals surface area contributed by atoms with Crippen molar-refractivity contribution in [2.45, 2.75) is 19.8 Å². The fourth-order valence-corrected chi connectivity index (χ4v) is 3.36. The first-order valence-electron chi connectivity index (χ1n) is 9.95. The lowest BCUT2D eigenvalue weighted by Gasteiger charge is -2.20. The number of hydrogen-bond acceptors (Lipinski definition) is 3. The molecular formula is C24H22F2N2O3. The van der Waals surface area contributed by atoms with Gasteiger partial charge >= 0.3 is 6.03 Å². The highest BCUT2D eigenvalue weighted by Gasteiger charge is 2.20. The summed E-state index contributed by atoms with van der Waals surface area (Å²) in [5.41, 5.74) is 3.09. The molecule has 0 aromatic heterocycles. The monoisotopic (exact) mass is 424 g/mol. The van der Waals surface area contributed by atoms with Gasteiger partial charge in [0.1, 0.15) is 24.0 Å². The van der Waals surface area contributed by atoms with E-state index in [9.17, 15) is 13.6 Å². The predicted octanol–water partition coefficient (Wildman–Crippen LogP) is 5.11. The molecule has 0 saturated heterocycles. The number of benzene rings is 3. The smallest absolute Gasteiger partial charge is 0.322 e. The highest BCUT2D eigenvalue weighted by molar-refractivity contribution is 5.89. The molecule has 1 heterocycles. The molecule has 0 saturated carbocycles. The van der Waals surface area contributed by atoms with Crippen LogP contribution in [-0.4, -0.2) is 24.1 Å². The number of ether oxygens (including phenoxy) is 2. The molecule has 7 heteroatoms. The van der Waals surface area contributed by atoms with E-state index in [2.05, 4.69) is 5.32 Å². The van der Waals surface area contributed by atoms with Crippen molar-refractivity contribution < 1.29 is 23.0 Å². The maximum Gasteiger partial charge on any atom is 0.322 e. The first-order valence-corrected chi connectivity index (χ1v) is 9.95. The molecule has 5 nitrogen and oxygen atoms in total. The van der Waals surface area contributed by atoms with E-state index in [-0.39, 0.29) is 17.7 Å². The van der Waals surface area contributed by atoms with Crippen LogP contribution in [0.1, 0.15) is 16.7 Å². The zero-order chi connectivity index (χ0) is 21.6. The second-order valence-corrected chi connectivity index (χ2v) is 7.27. The molecule has 31 heavy (non-hydrogen) atoms. The molecule has 3 aromatic carbocycles. The lowest BCUT2D eigenvalue weighted by Crippen LogP contribution is -2.36. The summed E-state index contributed by atoms with van der Waals surface area (Å²) in [7, 11) is 0. The van der Waals surface area contributed by atoms with E-state index in [0.29, 0.717) is 38.6 Å². The highest BCUT2D eigenvalue weighted by atomic mass is 19.1. The molecule has 2 amide bonds. The van der Waals surface area contributed by atoms with Gasteiger partial charge in [-0.15, -0.1) is 0 Å². The molecule has 0 atom stereocenters. The Bertz CT molecular complexity index is 1060. The molecule has 4 rings (SSSR count). The van der Waals surface area contributed by atoms with Crippen LogP contribution < -0.4 is 10.1 Å². The standard InChI is InChI=1S/C24H22F2N2O3/c25-20-5-7-22(8-6-20)27-24(29)28-10-11-31-23-9-4-18(12-19(23)14-28)16-30-15-17-2-1-3-21(26)13-17/h1-9,12-13H,10-11,14-16H2,(H,27,29). The van der Waals surface area contributed by atoms with Crippen molar-refractivity contribution in [3.8, 4) is 5.75 Å². The van der Waals surface area contributed by atoms with Gasteiger partial charge < -0.3 is 19.7 Å². The summed E-state index contributed by atoms with van der Waals surface area (Å²) in [6, 6.07) is 17.4. The number of rotatable bonds is 5. The van der Waals surface area contributed by atoms with E-state index in [0.717, 1.165) is 22.4 Å². The molecule has 0 radical (unpaired) electrons. The second kappa shape index (κ2) is 9.57. The van der Waals surface area contributed by atoms with Crippen molar-refractivity contribution >= 4 is 11.7 Å². The summed E-state index contributed by atoms with van der Waals surface area (Å²) in [5, 5.41) is 2.78. The average Bonchev–Trinajstić information content (AvgIpc) is 2.98. The minimum absolute atomic E-state index is 0.282. The van der Waals surface area contributed by atoms with E-state index >= 15 is 0 Å². The van der Waals surface area contributed by atoms with E-state index in [1.54, 1.807) is 11.0 Å². The van der Waals surface area contributed by atoms with Gasteiger partial charge in [-0.05, 0) is 59.7 Å². The molecule has 0 unspecified atom stereocenters. The number of anilines is 1. The SMILES string of the molecule is O=C(Nc1ccc(F)cc1)N1CCOc2ccc(COCc3cccc(F)c3)cc2C1. The van der Waals surface area contributed by atoms with Gasteiger partial charge in [-0.3, -0.25) is 0 Å². The normalized spacial score (nSPS) is 13.2. The van der Waals surface area contributed by atoms with Crippen LogP contribution in [0, 0.1) is 11.6 Å². The van der Waals surface area contributed by atoms with Crippen LogP contribution in [0.15, 0.2) is 66.7 Å². The number of carbonyl (C=O) groups is 1. The third-order valence-electron chi connectivity index (χ3n) is 4.91. The summed E-state index contributed by atoms with van der Waals surface area (Å²) in [6.45, 7) is 1.83. The molecule has 160 valence electrons. The number of nitrogens with zero attached hydrogens (tertiary/aromatic N) is 1. The van der Waals surface area contributed by atoms with Crippen LogP contribution in [0.2, 0.25) is 0 Å². The van der Waals surface area contributed by atoms with E-state index < -0.39 is 0 Å².